The summed E-state index contributed by atoms with van der Waals surface area (Å²) in [6, 6.07) is 0. The molecule has 0 saturated heterocycles. The van der Waals surface area contributed by atoms with Crippen molar-refractivity contribution in [2.24, 2.45) is 0 Å². The number of nitrogen functional groups attached to an aromatic ring is 1. The molecule has 0 aromatic carbocycles. The van der Waals surface area contributed by atoms with Crippen LogP contribution in [-0.2, 0) is 10.9 Å². The Balaban J connectivity index is 3.40. The Hall–Kier alpha value is -1.79. The SMILES string of the molecule is COC(=O)c1c(N)cncc1C(F)(F)F. The van der Waals surface area contributed by atoms with E-state index >= 15 is 0 Å². The van der Waals surface area contributed by atoms with Crippen LogP contribution in [0.5, 0.6) is 0 Å². The molecule has 7 heteroatoms. The lowest BCUT2D eigenvalue weighted by Gasteiger charge is -2.12. The molecule has 0 spiro atoms. The van der Waals surface area contributed by atoms with Crippen LogP contribution in [0.3, 0.4) is 0 Å². The van der Waals surface area contributed by atoms with Crippen molar-refractivity contribution >= 4 is 11.7 Å². The summed E-state index contributed by atoms with van der Waals surface area (Å²) in [7, 11) is 0.975. The number of hydrogen-bond donors (Lipinski definition) is 1. The lowest BCUT2D eigenvalue weighted by molar-refractivity contribution is -0.138. The summed E-state index contributed by atoms with van der Waals surface area (Å²) in [6.45, 7) is 0. The van der Waals surface area contributed by atoms with Crippen LogP contribution in [0.15, 0.2) is 12.4 Å². The molecule has 0 aliphatic carbocycles. The summed E-state index contributed by atoms with van der Waals surface area (Å²) in [6.07, 6.45) is -3.20. The summed E-state index contributed by atoms with van der Waals surface area (Å²) < 4.78 is 41.5. The van der Waals surface area contributed by atoms with E-state index in [-0.39, 0.29) is 5.69 Å². The predicted octanol–water partition coefficient (Wildman–Crippen LogP) is 1.47. The second-order valence-electron chi connectivity index (χ2n) is 2.64. The molecule has 0 saturated carbocycles. The molecule has 1 aromatic rings. The average molecular weight is 220 g/mol. The molecule has 4 nitrogen and oxygen atoms in total. The number of pyridine rings is 1. The first kappa shape index (κ1) is 11.3. The number of carbonyl (C=O) groups is 1. The van der Waals surface area contributed by atoms with Crippen LogP contribution in [0.25, 0.3) is 0 Å². The molecule has 1 aromatic heterocycles. The first-order chi connectivity index (χ1) is 6.88. The van der Waals surface area contributed by atoms with E-state index in [0.29, 0.717) is 6.20 Å². The van der Waals surface area contributed by atoms with Crippen LogP contribution < -0.4 is 5.73 Å². The van der Waals surface area contributed by atoms with Gasteiger partial charge in [-0.2, -0.15) is 13.2 Å². The van der Waals surface area contributed by atoms with Crippen molar-refractivity contribution in [1.29, 1.82) is 0 Å². The van der Waals surface area contributed by atoms with Crippen molar-refractivity contribution in [2.75, 3.05) is 12.8 Å². The summed E-state index contributed by atoms with van der Waals surface area (Å²) >= 11 is 0. The van der Waals surface area contributed by atoms with Crippen molar-refractivity contribution in [2.45, 2.75) is 6.18 Å². The molecule has 0 atom stereocenters. The first-order valence-corrected chi connectivity index (χ1v) is 3.77. The molecule has 0 unspecified atom stereocenters. The molecule has 1 heterocycles. The summed E-state index contributed by atoms with van der Waals surface area (Å²) in [4.78, 5) is 14.3. The standard InChI is InChI=1S/C8H7F3N2O2/c1-15-7(14)6-4(8(9,10)11)2-13-3-5(6)12/h2-3H,12H2,1H3. The normalized spacial score (nSPS) is 11.2. The van der Waals surface area contributed by atoms with Gasteiger partial charge in [0.1, 0.15) is 0 Å². The smallest absolute Gasteiger partial charge is 0.418 e. The third kappa shape index (κ3) is 2.17. The molecule has 82 valence electrons. The minimum atomic E-state index is -4.69. The Morgan fingerprint density at radius 1 is 1.47 bits per heavy atom. The number of rotatable bonds is 1. The van der Waals surface area contributed by atoms with Crippen molar-refractivity contribution in [3.8, 4) is 0 Å². The van der Waals surface area contributed by atoms with E-state index in [9.17, 15) is 18.0 Å². The van der Waals surface area contributed by atoms with Crippen LogP contribution in [-0.4, -0.2) is 18.1 Å². The Morgan fingerprint density at radius 3 is 2.53 bits per heavy atom. The number of alkyl halides is 3. The highest BCUT2D eigenvalue weighted by Crippen LogP contribution is 2.33. The van der Waals surface area contributed by atoms with Gasteiger partial charge in [-0.05, 0) is 0 Å². The largest absolute Gasteiger partial charge is 0.465 e. The second-order valence-corrected chi connectivity index (χ2v) is 2.64. The molecule has 2 N–H and O–H groups in total. The molecular formula is C8H7F3N2O2. The van der Waals surface area contributed by atoms with Crippen molar-refractivity contribution in [3.05, 3.63) is 23.5 Å². The molecule has 15 heavy (non-hydrogen) atoms. The maximum absolute atomic E-state index is 12.4. The number of hydrogen-bond acceptors (Lipinski definition) is 4. The van der Waals surface area contributed by atoms with Crippen LogP contribution in [0, 0.1) is 0 Å². The van der Waals surface area contributed by atoms with Gasteiger partial charge in [0.2, 0.25) is 0 Å². The Kier molecular flexibility index (Phi) is 2.83. The number of carbonyl (C=O) groups excluding carboxylic acids is 1. The highest BCUT2D eigenvalue weighted by molar-refractivity contribution is 5.96. The number of ether oxygens (including phenoxy) is 1. The zero-order valence-electron chi connectivity index (χ0n) is 7.63. The summed E-state index contributed by atoms with van der Waals surface area (Å²) in [5, 5.41) is 0. The number of nitrogens with zero attached hydrogens (tertiary/aromatic N) is 1. The maximum Gasteiger partial charge on any atom is 0.418 e. The topological polar surface area (TPSA) is 65.2 Å². The predicted molar refractivity (Wildman–Crippen MR) is 45.0 cm³/mol. The fraction of sp³-hybridized carbons (Fsp3) is 0.250. The molecular weight excluding hydrogens is 213 g/mol. The van der Waals surface area contributed by atoms with E-state index in [0.717, 1.165) is 13.3 Å². The molecule has 1 rings (SSSR count). The number of aromatic nitrogens is 1. The van der Waals surface area contributed by atoms with E-state index in [1.54, 1.807) is 0 Å². The van der Waals surface area contributed by atoms with Crippen molar-refractivity contribution < 1.29 is 22.7 Å². The minimum absolute atomic E-state index is 0.364. The molecule has 0 radical (unpaired) electrons. The zero-order valence-corrected chi connectivity index (χ0v) is 7.63. The fourth-order valence-electron chi connectivity index (χ4n) is 1.02. The van der Waals surface area contributed by atoms with Gasteiger partial charge in [-0.1, -0.05) is 0 Å². The van der Waals surface area contributed by atoms with Gasteiger partial charge in [0, 0.05) is 6.20 Å². The van der Waals surface area contributed by atoms with Gasteiger partial charge >= 0.3 is 12.1 Å². The third-order valence-corrected chi connectivity index (χ3v) is 1.67. The summed E-state index contributed by atoms with van der Waals surface area (Å²) in [5.74, 6) is -1.14. The summed E-state index contributed by atoms with van der Waals surface area (Å²) in [5.41, 5.74) is 2.96. The maximum atomic E-state index is 12.4. The van der Waals surface area contributed by atoms with Gasteiger partial charge in [0.05, 0.1) is 30.1 Å². The van der Waals surface area contributed by atoms with Crippen LogP contribution in [0.2, 0.25) is 0 Å². The van der Waals surface area contributed by atoms with E-state index < -0.39 is 23.3 Å². The van der Waals surface area contributed by atoms with Crippen LogP contribution in [0.4, 0.5) is 18.9 Å². The Bertz CT molecular complexity index is 390. The van der Waals surface area contributed by atoms with Crippen LogP contribution in [0.1, 0.15) is 15.9 Å². The van der Waals surface area contributed by atoms with Crippen molar-refractivity contribution in [1.82, 2.24) is 4.98 Å². The van der Waals surface area contributed by atoms with Gasteiger partial charge in [0.25, 0.3) is 0 Å². The van der Waals surface area contributed by atoms with Gasteiger partial charge in [-0.15, -0.1) is 0 Å². The Morgan fingerprint density at radius 2 is 2.07 bits per heavy atom. The lowest BCUT2D eigenvalue weighted by Crippen LogP contribution is -2.16. The quantitative estimate of drug-likeness (QED) is 0.728. The number of methoxy groups -OCH3 is 1. The van der Waals surface area contributed by atoms with Crippen molar-refractivity contribution in [3.63, 3.8) is 0 Å². The van der Waals surface area contributed by atoms with E-state index in [2.05, 4.69) is 9.72 Å². The molecule has 0 aliphatic heterocycles. The molecule has 0 amide bonds. The average Bonchev–Trinajstić information content (AvgIpc) is 2.15. The first-order valence-electron chi connectivity index (χ1n) is 3.77. The Labute approximate surface area is 82.9 Å². The molecule has 0 fully saturated rings. The number of nitrogens with two attached hydrogens (primary N) is 1. The van der Waals surface area contributed by atoms with Gasteiger partial charge in [-0.25, -0.2) is 4.79 Å². The number of esters is 1. The van der Waals surface area contributed by atoms with Crippen LogP contribution >= 0.6 is 0 Å². The lowest BCUT2D eigenvalue weighted by atomic mass is 10.1. The van der Waals surface area contributed by atoms with E-state index in [1.807, 2.05) is 0 Å². The third-order valence-electron chi connectivity index (χ3n) is 1.67. The van der Waals surface area contributed by atoms with E-state index in [1.165, 1.54) is 0 Å². The van der Waals surface area contributed by atoms with Gasteiger partial charge < -0.3 is 10.5 Å². The number of anilines is 1. The highest BCUT2D eigenvalue weighted by Gasteiger charge is 2.37. The zero-order chi connectivity index (χ0) is 11.6. The molecule has 0 aliphatic rings. The second kappa shape index (κ2) is 3.76. The van der Waals surface area contributed by atoms with Gasteiger partial charge in [-0.3, -0.25) is 4.98 Å². The molecule has 0 bridgehead atoms. The minimum Gasteiger partial charge on any atom is -0.465 e. The van der Waals surface area contributed by atoms with E-state index in [4.69, 9.17) is 5.73 Å². The number of halogens is 3. The highest BCUT2D eigenvalue weighted by atomic mass is 19.4. The van der Waals surface area contributed by atoms with Gasteiger partial charge in [0.15, 0.2) is 0 Å². The monoisotopic (exact) mass is 220 g/mol. The fourth-order valence-corrected chi connectivity index (χ4v) is 1.02.